The first-order chi connectivity index (χ1) is 14.1. The highest BCUT2D eigenvalue weighted by Crippen LogP contribution is 2.42. The highest BCUT2D eigenvalue weighted by atomic mass is 16.5. The smallest absolute Gasteiger partial charge is 0.190 e. The Labute approximate surface area is 171 Å². The molecule has 0 heterocycles. The Kier molecular flexibility index (Phi) is 8.74. The molecule has 0 radical (unpaired) electrons. The van der Waals surface area contributed by atoms with Gasteiger partial charge in [0, 0.05) is 10.5 Å². The lowest BCUT2D eigenvalue weighted by atomic mass is 9.88. The predicted molar refractivity (Wildman–Crippen MR) is 112 cm³/mol. The van der Waals surface area contributed by atoms with Crippen LogP contribution in [0.2, 0.25) is 0 Å². The lowest BCUT2D eigenvalue weighted by molar-refractivity contribution is 0.0988. The SMILES string of the molecule is CCCCCCCCCC(N=[N+]=[N-])c1cc(OC)c2c(c1OC)C(=O)C=CC2=O. The quantitative estimate of drug-likeness (QED) is 0.182. The largest absolute Gasteiger partial charge is 0.496 e. The summed E-state index contributed by atoms with van der Waals surface area (Å²) in [4.78, 5) is 27.9. The molecule has 0 saturated heterocycles. The Hall–Kier alpha value is -2.79. The molecule has 1 aromatic rings. The zero-order chi connectivity index (χ0) is 21.2. The average Bonchev–Trinajstić information content (AvgIpc) is 2.73. The Bertz CT molecular complexity index is 826. The van der Waals surface area contributed by atoms with Crippen LogP contribution in [0.15, 0.2) is 23.3 Å². The molecule has 1 atom stereocenters. The van der Waals surface area contributed by atoms with Crippen molar-refractivity contribution in [3.63, 3.8) is 0 Å². The third-order valence-corrected chi connectivity index (χ3v) is 5.21. The molecule has 0 bridgehead atoms. The summed E-state index contributed by atoms with van der Waals surface area (Å²) in [5.74, 6) is -0.0685. The molecule has 0 aromatic heterocycles. The molecular formula is C22H29N3O4. The van der Waals surface area contributed by atoms with Crippen LogP contribution in [0.5, 0.6) is 11.5 Å². The van der Waals surface area contributed by atoms with Gasteiger partial charge in [-0.15, -0.1) is 0 Å². The molecule has 0 spiro atoms. The zero-order valence-electron chi connectivity index (χ0n) is 17.4. The minimum atomic E-state index is -0.501. The summed E-state index contributed by atoms with van der Waals surface area (Å²) in [7, 11) is 2.89. The number of unbranched alkanes of at least 4 members (excludes halogenated alkanes) is 6. The predicted octanol–water partition coefficient (Wildman–Crippen LogP) is 6.13. The van der Waals surface area contributed by atoms with Gasteiger partial charge in [-0.3, -0.25) is 9.59 Å². The molecule has 0 aliphatic heterocycles. The Morgan fingerprint density at radius 1 is 0.966 bits per heavy atom. The van der Waals surface area contributed by atoms with Crippen molar-refractivity contribution in [2.45, 2.75) is 64.3 Å². The summed E-state index contributed by atoms with van der Waals surface area (Å²) >= 11 is 0. The van der Waals surface area contributed by atoms with E-state index < -0.39 is 6.04 Å². The van der Waals surface area contributed by atoms with Gasteiger partial charge in [0.2, 0.25) is 0 Å². The molecular weight excluding hydrogens is 370 g/mol. The zero-order valence-corrected chi connectivity index (χ0v) is 17.4. The third kappa shape index (κ3) is 5.39. The number of fused-ring (bicyclic) bond motifs is 1. The van der Waals surface area contributed by atoms with Crippen LogP contribution >= 0.6 is 0 Å². The van der Waals surface area contributed by atoms with Crippen molar-refractivity contribution >= 4 is 11.6 Å². The van der Waals surface area contributed by atoms with Crippen LogP contribution < -0.4 is 9.47 Å². The first-order valence-electron chi connectivity index (χ1n) is 10.2. The summed E-state index contributed by atoms with van der Waals surface area (Å²) in [6, 6.07) is 1.15. The number of ketones is 2. The van der Waals surface area contributed by atoms with E-state index in [2.05, 4.69) is 16.9 Å². The molecule has 1 aromatic carbocycles. The van der Waals surface area contributed by atoms with E-state index in [0.29, 0.717) is 12.0 Å². The molecule has 1 unspecified atom stereocenters. The summed E-state index contributed by atoms with van der Waals surface area (Å²) in [5, 5.41) is 3.95. The van der Waals surface area contributed by atoms with E-state index in [-0.39, 0.29) is 34.2 Å². The van der Waals surface area contributed by atoms with E-state index in [4.69, 9.17) is 15.0 Å². The van der Waals surface area contributed by atoms with Gasteiger partial charge >= 0.3 is 0 Å². The minimum Gasteiger partial charge on any atom is -0.496 e. The van der Waals surface area contributed by atoms with Crippen LogP contribution in [0.1, 0.15) is 90.6 Å². The van der Waals surface area contributed by atoms with Crippen LogP contribution in [0.4, 0.5) is 0 Å². The number of nitrogens with zero attached hydrogens (tertiary/aromatic N) is 3. The highest BCUT2D eigenvalue weighted by molar-refractivity contribution is 6.24. The molecule has 7 nitrogen and oxygen atoms in total. The topological polar surface area (TPSA) is 101 Å². The van der Waals surface area contributed by atoms with Crippen molar-refractivity contribution in [3.05, 3.63) is 45.4 Å². The summed E-state index contributed by atoms with van der Waals surface area (Å²) < 4.78 is 10.9. The van der Waals surface area contributed by atoms with E-state index in [1.807, 2.05) is 0 Å². The second-order valence-electron chi connectivity index (χ2n) is 7.14. The van der Waals surface area contributed by atoms with Crippen LogP contribution in [0, 0.1) is 0 Å². The van der Waals surface area contributed by atoms with E-state index in [9.17, 15) is 9.59 Å². The maximum atomic E-state index is 12.5. The van der Waals surface area contributed by atoms with Crippen LogP contribution in [-0.4, -0.2) is 25.8 Å². The molecule has 0 N–H and O–H groups in total. The van der Waals surface area contributed by atoms with Gasteiger partial charge in [-0.1, -0.05) is 57.0 Å². The first kappa shape index (κ1) is 22.5. The van der Waals surface area contributed by atoms with E-state index in [0.717, 1.165) is 19.3 Å². The fraction of sp³-hybridized carbons (Fsp3) is 0.545. The van der Waals surface area contributed by atoms with Gasteiger partial charge in [-0.25, -0.2) is 0 Å². The van der Waals surface area contributed by atoms with Crippen molar-refractivity contribution in [3.8, 4) is 11.5 Å². The molecule has 0 amide bonds. The lowest BCUT2D eigenvalue weighted by Crippen LogP contribution is -2.17. The Balaban J connectivity index is 2.30. The van der Waals surface area contributed by atoms with E-state index >= 15 is 0 Å². The maximum absolute atomic E-state index is 12.5. The minimum absolute atomic E-state index is 0.173. The number of allylic oxidation sites excluding steroid dienone is 2. The average molecular weight is 399 g/mol. The van der Waals surface area contributed by atoms with Gasteiger partial charge in [0.1, 0.15) is 11.5 Å². The number of hydrogen-bond acceptors (Lipinski definition) is 5. The number of carbonyl (C=O) groups excluding carboxylic acids is 2. The van der Waals surface area contributed by atoms with Crippen LogP contribution in [-0.2, 0) is 0 Å². The van der Waals surface area contributed by atoms with E-state index in [1.165, 1.54) is 52.1 Å². The Morgan fingerprint density at radius 2 is 1.59 bits per heavy atom. The first-order valence-corrected chi connectivity index (χ1v) is 10.2. The van der Waals surface area contributed by atoms with E-state index in [1.54, 1.807) is 6.07 Å². The van der Waals surface area contributed by atoms with Gasteiger partial charge in [0.25, 0.3) is 0 Å². The van der Waals surface area contributed by atoms with Crippen molar-refractivity contribution in [1.82, 2.24) is 0 Å². The number of azide groups is 1. The molecule has 0 fully saturated rings. The molecule has 29 heavy (non-hydrogen) atoms. The van der Waals surface area contributed by atoms with Crippen molar-refractivity contribution in [2.24, 2.45) is 5.11 Å². The number of hydrogen-bond donors (Lipinski definition) is 0. The van der Waals surface area contributed by atoms with Gasteiger partial charge in [0.15, 0.2) is 11.6 Å². The maximum Gasteiger partial charge on any atom is 0.190 e. The van der Waals surface area contributed by atoms with Gasteiger partial charge in [-0.05, 0) is 30.2 Å². The highest BCUT2D eigenvalue weighted by Gasteiger charge is 2.31. The van der Waals surface area contributed by atoms with Gasteiger partial charge in [-0.2, -0.15) is 0 Å². The molecule has 7 heteroatoms. The lowest BCUT2D eigenvalue weighted by Gasteiger charge is -2.22. The third-order valence-electron chi connectivity index (χ3n) is 5.21. The number of ether oxygens (including phenoxy) is 2. The van der Waals surface area contributed by atoms with Gasteiger partial charge in [0.05, 0.1) is 31.4 Å². The second-order valence-corrected chi connectivity index (χ2v) is 7.14. The second kappa shape index (κ2) is 11.3. The van der Waals surface area contributed by atoms with Crippen molar-refractivity contribution < 1.29 is 19.1 Å². The standard InChI is InChI=1S/C22H29N3O4/c1-4-5-6-7-8-9-10-11-16(24-25-23)15-14-19(28-2)20-17(26)12-13-18(27)21(20)22(15)29-3/h12-14,16H,4-11H2,1-3H3. The monoisotopic (exact) mass is 399 g/mol. The molecule has 2 rings (SSSR count). The molecule has 0 saturated carbocycles. The summed E-state index contributed by atoms with van der Waals surface area (Å²) in [6.07, 6.45) is 11.1. The number of methoxy groups -OCH3 is 2. The van der Waals surface area contributed by atoms with Crippen molar-refractivity contribution in [2.75, 3.05) is 14.2 Å². The normalized spacial score (nSPS) is 13.6. The Morgan fingerprint density at radius 3 is 2.17 bits per heavy atom. The van der Waals surface area contributed by atoms with Crippen molar-refractivity contribution in [1.29, 1.82) is 0 Å². The number of benzene rings is 1. The summed E-state index contributed by atoms with van der Waals surface area (Å²) in [6.45, 7) is 2.19. The number of rotatable bonds is 12. The van der Waals surface area contributed by atoms with Crippen LogP contribution in [0.25, 0.3) is 10.4 Å². The fourth-order valence-corrected chi connectivity index (χ4v) is 3.72. The fourth-order valence-electron chi connectivity index (χ4n) is 3.72. The van der Waals surface area contributed by atoms with Crippen LogP contribution in [0.3, 0.4) is 0 Å². The van der Waals surface area contributed by atoms with Gasteiger partial charge < -0.3 is 9.47 Å². The molecule has 1 aliphatic carbocycles. The molecule has 156 valence electrons. The summed E-state index contributed by atoms with van der Waals surface area (Å²) in [5.41, 5.74) is 10.0. The number of carbonyl (C=O) groups is 2. The molecule has 1 aliphatic rings.